The molecule has 1 aliphatic rings. The highest BCUT2D eigenvalue weighted by atomic mass is 19.3. The summed E-state index contributed by atoms with van der Waals surface area (Å²) in [7, 11) is 0. The first-order valence-corrected chi connectivity index (χ1v) is 8.12. The van der Waals surface area contributed by atoms with Crippen LogP contribution < -0.4 is 14.2 Å². The zero-order valence-electron chi connectivity index (χ0n) is 14.3. The number of ether oxygens (including phenoxy) is 4. The van der Waals surface area contributed by atoms with Gasteiger partial charge in [0.15, 0.2) is 17.6 Å². The van der Waals surface area contributed by atoms with Crippen molar-refractivity contribution in [3.8, 4) is 17.2 Å². The van der Waals surface area contributed by atoms with Crippen molar-refractivity contribution in [2.75, 3.05) is 6.61 Å². The van der Waals surface area contributed by atoms with Crippen LogP contribution in [0.2, 0.25) is 0 Å². The number of fused-ring (bicyclic) bond motifs is 1. The number of para-hydroxylation sites is 2. The molecule has 0 saturated heterocycles. The van der Waals surface area contributed by atoms with Crippen molar-refractivity contribution < 1.29 is 37.3 Å². The Balaban J connectivity index is 1.59. The Morgan fingerprint density at radius 3 is 2.41 bits per heavy atom. The maximum Gasteiger partial charge on any atom is 0.387 e. The van der Waals surface area contributed by atoms with Crippen LogP contribution in [0.4, 0.5) is 8.78 Å². The molecular weight excluding hydrogens is 362 g/mol. The summed E-state index contributed by atoms with van der Waals surface area (Å²) in [5.74, 6) is -0.347. The molecule has 0 fully saturated rings. The first-order valence-electron chi connectivity index (χ1n) is 8.12. The van der Waals surface area contributed by atoms with Gasteiger partial charge in [0.05, 0.1) is 0 Å². The largest absolute Gasteiger partial charge is 0.485 e. The van der Waals surface area contributed by atoms with E-state index in [0.29, 0.717) is 11.5 Å². The highest BCUT2D eigenvalue weighted by Gasteiger charge is 2.31. The fraction of sp³-hybridized carbons (Fsp3) is 0.263. The third kappa shape index (κ3) is 4.52. The van der Waals surface area contributed by atoms with E-state index in [0.717, 1.165) is 0 Å². The lowest BCUT2D eigenvalue weighted by Crippen LogP contribution is -2.40. The minimum absolute atomic E-state index is 0.0313. The molecule has 3 rings (SSSR count). The van der Waals surface area contributed by atoms with Crippen LogP contribution in [0.3, 0.4) is 0 Å². The summed E-state index contributed by atoms with van der Waals surface area (Å²) in [6.45, 7) is -1.56. The van der Waals surface area contributed by atoms with Gasteiger partial charge in [-0.15, -0.1) is 0 Å². The van der Waals surface area contributed by atoms with E-state index in [1.54, 1.807) is 24.3 Å². The van der Waals surface area contributed by atoms with E-state index in [-0.39, 0.29) is 17.9 Å². The molecule has 2 aromatic rings. The summed E-state index contributed by atoms with van der Waals surface area (Å²) in [6, 6.07) is 12.0. The second kappa shape index (κ2) is 8.03. The van der Waals surface area contributed by atoms with Gasteiger partial charge in [-0.1, -0.05) is 12.1 Å². The fourth-order valence-electron chi connectivity index (χ4n) is 2.47. The van der Waals surface area contributed by atoms with Crippen LogP contribution in [0.5, 0.6) is 17.2 Å². The Labute approximate surface area is 153 Å². The van der Waals surface area contributed by atoms with E-state index in [9.17, 15) is 18.4 Å². The van der Waals surface area contributed by atoms with Crippen LogP contribution in [-0.4, -0.2) is 37.2 Å². The number of halogens is 2. The van der Waals surface area contributed by atoms with Gasteiger partial charge in [0.1, 0.15) is 12.4 Å². The lowest BCUT2D eigenvalue weighted by molar-refractivity contribution is -0.157. The molecule has 8 heteroatoms. The topological polar surface area (TPSA) is 71.1 Å². The Bertz CT molecular complexity index is 821. The molecular formula is C19H16F2O6. The van der Waals surface area contributed by atoms with Crippen LogP contribution in [0.15, 0.2) is 48.5 Å². The minimum atomic E-state index is -2.95. The van der Waals surface area contributed by atoms with Crippen LogP contribution in [0.1, 0.15) is 17.3 Å². The predicted octanol–water partition coefficient (Wildman–Crippen LogP) is 3.24. The van der Waals surface area contributed by atoms with Gasteiger partial charge in [-0.05, 0) is 43.3 Å². The smallest absolute Gasteiger partial charge is 0.387 e. The average Bonchev–Trinajstić information content (AvgIpc) is 2.67. The van der Waals surface area contributed by atoms with Crippen LogP contribution in [-0.2, 0) is 9.53 Å². The van der Waals surface area contributed by atoms with E-state index < -0.39 is 30.6 Å². The molecule has 0 radical (unpaired) electrons. The number of carbonyl (C=O) groups is 2. The van der Waals surface area contributed by atoms with E-state index in [1.165, 1.54) is 31.2 Å². The maximum atomic E-state index is 12.4. The van der Waals surface area contributed by atoms with Crippen LogP contribution >= 0.6 is 0 Å². The molecule has 0 unspecified atom stereocenters. The molecule has 142 valence electrons. The first kappa shape index (κ1) is 18.6. The molecule has 1 heterocycles. The summed E-state index contributed by atoms with van der Waals surface area (Å²) in [6.07, 6.45) is -2.07. The number of esters is 1. The van der Waals surface area contributed by atoms with Gasteiger partial charge in [-0.3, -0.25) is 4.79 Å². The Morgan fingerprint density at radius 1 is 1.07 bits per heavy atom. The zero-order valence-corrected chi connectivity index (χ0v) is 14.3. The normalized spacial score (nSPS) is 16.5. The standard InChI is InChI=1S/C19H16F2O6/c1-11(17(22)12-6-8-13(9-7-12)26-19(20)21)25-18(23)16-10-24-14-4-2-3-5-15(14)27-16/h2-9,11,16,19H,10H2,1H3/t11-,16+/m1/s1. The number of benzene rings is 2. The number of hydrogen-bond donors (Lipinski definition) is 0. The summed E-state index contributed by atoms with van der Waals surface area (Å²) >= 11 is 0. The van der Waals surface area contributed by atoms with Crippen molar-refractivity contribution in [2.24, 2.45) is 0 Å². The molecule has 0 bridgehead atoms. The second-order valence-electron chi connectivity index (χ2n) is 5.71. The van der Waals surface area contributed by atoms with Gasteiger partial charge >= 0.3 is 12.6 Å². The Hall–Kier alpha value is -3.16. The van der Waals surface area contributed by atoms with Gasteiger partial charge in [0.25, 0.3) is 0 Å². The van der Waals surface area contributed by atoms with E-state index in [4.69, 9.17) is 14.2 Å². The lowest BCUT2D eigenvalue weighted by Gasteiger charge is -2.25. The summed E-state index contributed by atoms with van der Waals surface area (Å²) in [5, 5.41) is 0. The Kier molecular flexibility index (Phi) is 5.54. The molecule has 2 atom stereocenters. The zero-order chi connectivity index (χ0) is 19.4. The van der Waals surface area contributed by atoms with Gasteiger partial charge in [0, 0.05) is 5.56 Å². The molecule has 1 aliphatic heterocycles. The molecule has 0 spiro atoms. The fourth-order valence-corrected chi connectivity index (χ4v) is 2.47. The van der Waals surface area contributed by atoms with Crippen molar-refractivity contribution in [3.63, 3.8) is 0 Å². The van der Waals surface area contributed by atoms with E-state index in [2.05, 4.69) is 4.74 Å². The highest BCUT2D eigenvalue weighted by Crippen LogP contribution is 2.31. The molecule has 6 nitrogen and oxygen atoms in total. The molecule has 0 N–H and O–H groups in total. The van der Waals surface area contributed by atoms with Gasteiger partial charge in [0.2, 0.25) is 11.9 Å². The molecule has 0 amide bonds. The van der Waals surface area contributed by atoms with Gasteiger partial charge in [-0.2, -0.15) is 8.78 Å². The Morgan fingerprint density at radius 2 is 1.74 bits per heavy atom. The number of ketones is 1. The molecule has 0 saturated carbocycles. The number of Topliss-reactive ketones (excluding diaryl/α,β-unsaturated/α-hetero) is 1. The molecule has 0 aliphatic carbocycles. The van der Waals surface area contributed by atoms with Crippen LogP contribution in [0.25, 0.3) is 0 Å². The molecule has 27 heavy (non-hydrogen) atoms. The van der Waals surface area contributed by atoms with E-state index in [1.807, 2.05) is 0 Å². The molecule has 0 aromatic heterocycles. The van der Waals surface area contributed by atoms with Crippen molar-refractivity contribution in [2.45, 2.75) is 25.7 Å². The van der Waals surface area contributed by atoms with Crippen molar-refractivity contribution in [1.82, 2.24) is 0 Å². The molecule has 2 aromatic carbocycles. The SMILES string of the molecule is C[C@@H](OC(=O)[C@@H]1COc2ccccc2O1)C(=O)c1ccc(OC(F)F)cc1. The van der Waals surface area contributed by atoms with E-state index >= 15 is 0 Å². The van der Waals surface area contributed by atoms with Crippen LogP contribution in [0, 0.1) is 0 Å². The summed E-state index contributed by atoms with van der Waals surface area (Å²) in [5.41, 5.74) is 0.197. The van der Waals surface area contributed by atoms with Gasteiger partial charge < -0.3 is 18.9 Å². The van der Waals surface area contributed by atoms with Crippen molar-refractivity contribution in [1.29, 1.82) is 0 Å². The maximum absolute atomic E-state index is 12.4. The third-order valence-corrected chi connectivity index (χ3v) is 3.80. The lowest BCUT2D eigenvalue weighted by atomic mass is 10.1. The monoisotopic (exact) mass is 378 g/mol. The highest BCUT2D eigenvalue weighted by molar-refractivity contribution is 6.00. The quantitative estimate of drug-likeness (QED) is 0.568. The number of alkyl halides is 2. The predicted molar refractivity (Wildman–Crippen MR) is 89.3 cm³/mol. The second-order valence-corrected chi connectivity index (χ2v) is 5.71. The minimum Gasteiger partial charge on any atom is -0.485 e. The third-order valence-electron chi connectivity index (χ3n) is 3.80. The average molecular weight is 378 g/mol. The summed E-state index contributed by atoms with van der Waals surface area (Å²) < 4.78 is 44.7. The van der Waals surface area contributed by atoms with Crippen molar-refractivity contribution >= 4 is 11.8 Å². The van der Waals surface area contributed by atoms with Gasteiger partial charge in [-0.25, -0.2) is 4.79 Å². The number of hydrogen-bond acceptors (Lipinski definition) is 6. The number of rotatable bonds is 6. The number of carbonyl (C=O) groups excluding carboxylic acids is 2. The summed E-state index contributed by atoms with van der Waals surface area (Å²) in [4.78, 5) is 24.6. The first-order chi connectivity index (χ1) is 12.9. The van der Waals surface area contributed by atoms with Crippen molar-refractivity contribution in [3.05, 3.63) is 54.1 Å².